The summed E-state index contributed by atoms with van der Waals surface area (Å²) < 4.78 is 5.19. The number of carbonyl (C=O) groups excluding carboxylic acids is 1. The van der Waals surface area contributed by atoms with Crippen molar-refractivity contribution in [3.63, 3.8) is 0 Å². The lowest BCUT2D eigenvalue weighted by Gasteiger charge is -2.23. The fourth-order valence-corrected chi connectivity index (χ4v) is 2.40. The standard InChI is InChI=1S/C19H27N5O3/c1-14(2)22-18-20-12-10-17(23-18)24(19(26)21-11-4-5-13-25)15-6-8-16(27-3)9-7-15/h6-10,12,14,25H,4-5,11,13H2,1-3H3,(H,21,26)(H,20,22,23). The van der Waals surface area contributed by atoms with Crippen molar-refractivity contribution in [1.82, 2.24) is 15.3 Å². The average molecular weight is 373 g/mol. The van der Waals surface area contributed by atoms with Crippen molar-refractivity contribution in [2.75, 3.05) is 30.5 Å². The SMILES string of the molecule is COc1ccc(N(C(=O)NCCCCO)c2ccnc(NC(C)C)n2)cc1. The first-order chi connectivity index (χ1) is 13.0. The molecule has 0 bridgehead atoms. The molecule has 0 saturated heterocycles. The van der Waals surface area contributed by atoms with Crippen molar-refractivity contribution in [3.05, 3.63) is 36.5 Å². The summed E-state index contributed by atoms with van der Waals surface area (Å²) in [6, 6.07) is 8.72. The fourth-order valence-electron chi connectivity index (χ4n) is 2.40. The van der Waals surface area contributed by atoms with Gasteiger partial charge in [-0.15, -0.1) is 0 Å². The lowest BCUT2D eigenvalue weighted by molar-refractivity contribution is 0.246. The van der Waals surface area contributed by atoms with Crippen molar-refractivity contribution < 1.29 is 14.6 Å². The maximum atomic E-state index is 12.8. The van der Waals surface area contributed by atoms with Gasteiger partial charge in [-0.05, 0) is 51.0 Å². The highest BCUT2D eigenvalue weighted by Gasteiger charge is 2.20. The molecule has 3 N–H and O–H groups in total. The van der Waals surface area contributed by atoms with Crippen molar-refractivity contribution in [2.45, 2.75) is 32.7 Å². The van der Waals surface area contributed by atoms with Crippen LogP contribution >= 0.6 is 0 Å². The van der Waals surface area contributed by atoms with Crippen LogP contribution in [0, 0.1) is 0 Å². The fraction of sp³-hybridized carbons (Fsp3) is 0.421. The van der Waals surface area contributed by atoms with Crippen LogP contribution in [0.15, 0.2) is 36.5 Å². The highest BCUT2D eigenvalue weighted by Crippen LogP contribution is 2.26. The van der Waals surface area contributed by atoms with E-state index in [2.05, 4.69) is 20.6 Å². The number of urea groups is 1. The van der Waals surface area contributed by atoms with E-state index in [0.29, 0.717) is 42.6 Å². The van der Waals surface area contributed by atoms with Gasteiger partial charge in [0.25, 0.3) is 0 Å². The number of aromatic nitrogens is 2. The molecule has 27 heavy (non-hydrogen) atoms. The van der Waals surface area contributed by atoms with Crippen LogP contribution in [0.3, 0.4) is 0 Å². The highest BCUT2D eigenvalue weighted by atomic mass is 16.5. The molecule has 0 aliphatic rings. The molecular weight excluding hydrogens is 346 g/mol. The largest absolute Gasteiger partial charge is 0.497 e. The number of nitrogens with zero attached hydrogens (tertiary/aromatic N) is 3. The molecular formula is C19H27N5O3. The Bertz CT molecular complexity index is 722. The molecule has 0 spiro atoms. The van der Waals surface area contributed by atoms with Crippen molar-refractivity contribution in [3.8, 4) is 5.75 Å². The highest BCUT2D eigenvalue weighted by molar-refractivity contribution is 5.98. The van der Waals surface area contributed by atoms with Gasteiger partial charge in [0.15, 0.2) is 0 Å². The number of benzene rings is 1. The number of nitrogens with one attached hydrogen (secondary N) is 2. The minimum absolute atomic E-state index is 0.105. The number of aliphatic hydroxyl groups is 1. The van der Waals surface area contributed by atoms with E-state index in [4.69, 9.17) is 9.84 Å². The van der Waals surface area contributed by atoms with Crippen LogP contribution in [0.2, 0.25) is 0 Å². The molecule has 2 aromatic rings. The monoisotopic (exact) mass is 373 g/mol. The number of anilines is 3. The molecule has 0 saturated carbocycles. The first-order valence-corrected chi connectivity index (χ1v) is 8.97. The summed E-state index contributed by atoms with van der Waals surface area (Å²) in [5.74, 6) is 1.61. The van der Waals surface area contributed by atoms with Gasteiger partial charge in [-0.25, -0.2) is 14.7 Å². The second-order valence-electron chi connectivity index (χ2n) is 6.23. The van der Waals surface area contributed by atoms with Crippen LogP contribution in [0.5, 0.6) is 5.75 Å². The van der Waals surface area contributed by atoms with Crippen molar-refractivity contribution in [1.29, 1.82) is 0 Å². The number of methoxy groups -OCH3 is 1. The van der Waals surface area contributed by atoms with Crippen LogP contribution in [0.1, 0.15) is 26.7 Å². The smallest absolute Gasteiger partial charge is 0.327 e. The molecule has 0 aliphatic heterocycles. The van der Waals surface area contributed by atoms with E-state index >= 15 is 0 Å². The van der Waals surface area contributed by atoms with Gasteiger partial charge in [0.1, 0.15) is 11.6 Å². The lowest BCUT2D eigenvalue weighted by atomic mass is 10.2. The van der Waals surface area contributed by atoms with E-state index < -0.39 is 0 Å². The summed E-state index contributed by atoms with van der Waals surface area (Å²) in [6.07, 6.45) is 2.95. The number of aliphatic hydroxyl groups excluding tert-OH is 1. The number of rotatable bonds is 9. The Morgan fingerprint density at radius 1 is 1.22 bits per heavy atom. The van der Waals surface area contributed by atoms with Crippen molar-refractivity contribution in [2.24, 2.45) is 0 Å². The summed E-state index contributed by atoms with van der Waals surface area (Å²) >= 11 is 0. The molecule has 146 valence electrons. The number of carbonyl (C=O) groups is 1. The third-order valence-corrected chi connectivity index (χ3v) is 3.68. The molecule has 1 heterocycles. The van der Waals surface area contributed by atoms with Gasteiger partial charge >= 0.3 is 6.03 Å². The Morgan fingerprint density at radius 3 is 2.59 bits per heavy atom. The predicted octanol–water partition coefficient (Wildman–Crippen LogP) is 2.93. The van der Waals surface area contributed by atoms with E-state index in [0.717, 1.165) is 0 Å². The number of amides is 2. The minimum atomic E-state index is -0.299. The molecule has 0 unspecified atom stereocenters. The van der Waals surface area contributed by atoms with Gasteiger partial charge < -0.3 is 20.5 Å². The Morgan fingerprint density at radius 2 is 1.96 bits per heavy atom. The third kappa shape index (κ3) is 6.10. The van der Waals surface area contributed by atoms with Crippen LogP contribution in [0.25, 0.3) is 0 Å². The average Bonchev–Trinajstić information content (AvgIpc) is 2.66. The summed E-state index contributed by atoms with van der Waals surface area (Å²) in [5.41, 5.74) is 0.657. The molecule has 8 heteroatoms. The molecule has 2 rings (SSSR count). The molecule has 0 atom stereocenters. The zero-order valence-electron chi connectivity index (χ0n) is 16.0. The van der Waals surface area contributed by atoms with Gasteiger partial charge in [0, 0.05) is 31.5 Å². The molecule has 1 aromatic carbocycles. The van der Waals surface area contributed by atoms with E-state index in [9.17, 15) is 4.79 Å². The second kappa shape index (κ2) is 10.3. The maximum Gasteiger partial charge on any atom is 0.327 e. The van der Waals surface area contributed by atoms with Gasteiger partial charge in [-0.3, -0.25) is 0 Å². The summed E-state index contributed by atoms with van der Waals surface area (Å²) in [6.45, 7) is 4.55. The van der Waals surface area contributed by atoms with Gasteiger partial charge in [-0.1, -0.05) is 0 Å². The summed E-state index contributed by atoms with van der Waals surface area (Å²) in [4.78, 5) is 23.0. The lowest BCUT2D eigenvalue weighted by Crippen LogP contribution is -2.38. The minimum Gasteiger partial charge on any atom is -0.497 e. The van der Waals surface area contributed by atoms with Crippen molar-refractivity contribution >= 4 is 23.5 Å². The third-order valence-electron chi connectivity index (χ3n) is 3.68. The van der Waals surface area contributed by atoms with E-state index in [1.807, 2.05) is 13.8 Å². The Labute approximate surface area is 159 Å². The van der Waals surface area contributed by atoms with E-state index in [1.165, 1.54) is 4.90 Å². The maximum absolute atomic E-state index is 12.8. The molecule has 8 nitrogen and oxygen atoms in total. The zero-order chi connectivity index (χ0) is 19.6. The van der Waals surface area contributed by atoms with Crippen LogP contribution in [0.4, 0.5) is 22.2 Å². The molecule has 0 aliphatic carbocycles. The first kappa shape index (κ1) is 20.4. The predicted molar refractivity (Wildman–Crippen MR) is 106 cm³/mol. The molecule has 0 fully saturated rings. The first-order valence-electron chi connectivity index (χ1n) is 8.97. The number of ether oxygens (including phenoxy) is 1. The van der Waals surface area contributed by atoms with Gasteiger partial charge in [0.2, 0.25) is 5.95 Å². The Kier molecular flexibility index (Phi) is 7.81. The summed E-state index contributed by atoms with van der Waals surface area (Å²) in [5, 5.41) is 14.9. The van der Waals surface area contributed by atoms with E-state index in [-0.39, 0.29) is 18.7 Å². The van der Waals surface area contributed by atoms with Crippen LogP contribution < -0.4 is 20.3 Å². The topological polar surface area (TPSA) is 99.6 Å². The Balaban J connectivity index is 2.29. The van der Waals surface area contributed by atoms with Crippen LogP contribution in [-0.2, 0) is 0 Å². The number of unbranched alkanes of at least 4 members (excludes halogenated alkanes) is 1. The van der Waals surface area contributed by atoms with E-state index in [1.54, 1.807) is 43.6 Å². The quantitative estimate of drug-likeness (QED) is 0.585. The second-order valence-corrected chi connectivity index (χ2v) is 6.23. The molecule has 2 amide bonds. The molecule has 0 radical (unpaired) electrons. The molecule has 1 aromatic heterocycles. The van der Waals surface area contributed by atoms with Crippen LogP contribution in [-0.4, -0.2) is 47.4 Å². The number of hydrogen-bond acceptors (Lipinski definition) is 6. The number of hydrogen-bond donors (Lipinski definition) is 3. The Hall–Kier alpha value is -2.87. The normalized spacial score (nSPS) is 10.6. The van der Waals surface area contributed by atoms with Gasteiger partial charge in [0.05, 0.1) is 12.8 Å². The summed E-state index contributed by atoms with van der Waals surface area (Å²) in [7, 11) is 1.59. The zero-order valence-corrected chi connectivity index (χ0v) is 16.0. The van der Waals surface area contributed by atoms with Gasteiger partial charge in [-0.2, -0.15) is 4.98 Å².